The summed E-state index contributed by atoms with van der Waals surface area (Å²) in [6.45, 7) is 1.64. The highest BCUT2D eigenvalue weighted by molar-refractivity contribution is 5.89. The Kier molecular flexibility index (Phi) is 5.80. The van der Waals surface area contributed by atoms with Crippen LogP contribution in [0.5, 0.6) is 17.2 Å². The van der Waals surface area contributed by atoms with Crippen molar-refractivity contribution in [2.75, 3.05) is 21.3 Å². The molecule has 2 aromatic rings. The summed E-state index contributed by atoms with van der Waals surface area (Å²) in [6.07, 6.45) is -0.994. The second-order valence-corrected chi connectivity index (χ2v) is 8.60. The first-order valence-corrected chi connectivity index (χ1v) is 10.8. The van der Waals surface area contributed by atoms with E-state index in [1.54, 1.807) is 19.1 Å². The summed E-state index contributed by atoms with van der Waals surface area (Å²) in [6, 6.07) is 18.8. The summed E-state index contributed by atoms with van der Waals surface area (Å²) >= 11 is 0. The molecule has 2 saturated heterocycles. The predicted molar refractivity (Wildman–Crippen MR) is 122 cm³/mol. The first-order chi connectivity index (χ1) is 16.8. The van der Waals surface area contributed by atoms with Crippen LogP contribution in [-0.4, -0.2) is 33.0 Å². The van der Waals surface area contributed by atoms with Crippen LogP contribution in [0.15, 0.2) is 42.5 Å². The molecule has 4 unspecified atom stereocenters. The molecule has 2 aliphatic rings. The van der Waals surface area contributed by atoms with E-state index in [1.165, 1.54) is 21.3 Å². The van der Waals surface area contributed by atoms with Gasteiger partial charge < -0.3 is 23.7 Å². The minimum Gasteiger partial charge on any atom is -0.493 e. The van der Waals surface area contributed by atoms with Gasteiger partial charge in [-0.05, 0) is 29.7 Å². The van der Waals surface area contributed by atoms with E-state index in [9.17, 15) is 15.8 Å². The lowest BCUT2D eigenvalue weighted by atomic mass is 9.52. The van der Waals surface area contributed by atoms with E-state index in [-0.39, 0.29) is 6.42 Å². The molecule has 0 aliphatic carbocycles. The average molecular weight is 473 g/mol. The van der Waals surface area contributed by atoms with Gasteiger partial charge in [0.2, 0.25) is 22.8 Å². The first kappa shape index (κ1) is 23.9. The average Bonchev–Trinajstić information content (AvgIpc) is 3.04. The van der Waals surface area contributed by atoms with Crippen molar-refractivity contribution in [2.45, 2.75) is 25.2 Å². The van der Waals surface area contributed by atoms with Crippen LogP contribution in [0.3, 0.4) is 0 Å². The molecule has 4 rings (SSSR count). The van der Waals surface area contributed by atoms with Crippen molar-refractivity contribution in [3.8, 4) is 35.5 Å². The summed E-state index contributed by atoms with van der Waals surface area (Å²) in [7, 11) is 4.35. The molecule has 0 aromatic heterocycles. The van der Waals surface area contributed by atoms with Crippen molar-refractivity contribution in [3.05, 3.63) is 53.6 Å². The highest BCUT2D eigenvalue weighted by Crippen LogP contribution is 2.67. The monoisotopic (exact) mass is 472 g/mol. The molecule has 2 fully saturated rings. The van der Waals surface area contributed by atoms with Crippen LogP contribution in [0, 0.1) is 56.2 Å². The maximum absolute atomic E-state index is 10.5. The lowest BCUT2D eigenvalue weighted by Crippen LogP contribution is -2.59. The van der Waals surface area contributed by atoms with E-state index in [4.69, 9.17) is 29.1 Å². The highest BCUT2D eigenvalue weighted by atomic mass is 16.7. The number of nitriles is 3. The van der Waals surface area contributed by atoms with E-state index in [1.807, 2.05) is 30.3 Å². The molecule has 9 heteroatoms. The van der Waals surface area contributed by atoms with Gasteiger partial charge >= 0.3 is 0 Å². The van der Waals surface area contributed by atoms with E-state index in [0.717, 1.165) is 5.56 Å². The number of methoxy groups -OCH3 is 3. The quantitative estimate of drug-likeness (QED) is 0.667. The Bertz CT molecular complexity index is 1250. The van der Waals surface area contributed by atoms with Crippen LogP contribution >= 0.6 is 0 Å². The highest BCUT2D eigenvalue weighted by Gasteiger charge is 2.79. The van der Waals surface area contributed by atoms with E-state index in [2.05, 4.69) is 18.2 Å². The van der Waals surface area contributed by atoms with Gasteiger partial charge in [0.25, 0.3) is 0 Å². The number of benzene rings is 2. The third-order valence-corrected chi connectivity index (χ3v) is 6.99. The van der Waals surface area contributed by atoms with Gasteiger partial charge in [-0.1, -0.05) is 30.3 Å². The number of hydrogen-bond acceptors (Lipinski definition) is 9. The van der Waals surface area contributed by atoms with Gasteiger partial charge in [0.15, 0.2) is 16.9 Å². The summed E-state index contributed by atoms with van der Waals surface area (Å²) in [5.74, 6) is -1.80. The zero-order valence-corrected chi connectivity index (χ0v) is 19.8. The topological polar surface area (TPSA) is 141 Å². The van der Waals surface area contributed by atoms with Crippen LogP contribution < -0.4 is 14.2 Å². The molecule has 2 aliphatic heterocycles. The second kappa shape index (κ2) is 8.51. The summed E-state index contributed by atoms with van der Waals surface area (Å²) < 4.78 is 28.5. The van der Waals surface area contributed by atoms with Crippen molar-refractivity contribution in [1.82, 2.24) is 0 Å². The van der Waals surface area contributed by atoms with Crippen LogP contribution in [-0.2, 0) is 15.9 Å². The smallest absolute Gasteiger partial charge is 0.215 e. The molecule has 1 N–H and O–H groups in total. The molecule has 35 heavy (non-hydrogen) atoms. The Morgan fingerprint density at radius 2 is 1.54 bits per heavy atom. The molecule has 9 nitrogen and oxygen atoms in total. The van der Waals surface area contributed by atoms with Crippen molar-refractivity contribution >= 4 is 5.90 Å². The fourth-order valence-corrected chi connectivity index (χ4v) is 5.29. The van der Waals surface area contributed by atoms with Gasteiger partial charge in [0.05, 0.1) is 45.5 Å². The Hall–Kier alpha value is -4.26. The fourth-order valence-electron chi connectivity index (χ4n) is 5.29. The van der Waals surface area contributed by atoms with E-state index in [0.29, 0.717) is 22.8 Å². The molecule has 0 radical (unpaired) electrons. The molecule has 4 atom stereocenters. The molecule has 2 bridgehead atoms. The molecular formula is C26H24N4O5. The number of nitrogens with zero attached hydrogens (tertiary/aromatic N) is 3. The van der Waals surface area contributed by atoms with Gasteiger partial charge in [-0.2, -0.15) is 15.8 Å². The second-order valence-electron chi connectivity index (χ2n) is 8.60. The summed E-state index contributed by atoms with van der Waals surface area (Å²) in [5, 5.41) is 40.2. The molecule has 2 aromatic carbocycles. The van der Waals surface area contributed by atoms with Gasteiger partial charge in [0.1, 0.15) is 6.10 Å². The maximum Gasteiger partial charge on any atom is 0.215 e. The lowest BCUT2D eigenvalue weighted by molar-refractivity contribution is -0.272. The molecule has 0 saturated carbocycles. The van der Waals surface area contributed by atoms with Crippen molar-refractivity contribution < 1.29 is 23.7 Å². The largest absolute Gasteiger partial charge is 0.493 e. The number of hydrogen-bond donors (Lipinski definition) is 1. The zero-order chi connectivity index (χ0) is 25.4. The number of fused-ring (bicyclic) bond motifs is 2. The number of rotatable bonds is 6. The molecule has 0 spiro atoms. The first-order valence-electron chi connectivity index (χ1n) is 10.8. The Morgan fingerprint density at radius 1 is 0.943 bits per heavy atom. The predicted octanol–water partition coefficient (Wildman–Crippen LogP) is 3.91. The minimum absolute atomic E-state index is 0.264. The standard InChI is InChI=1S/C26H24N4O5/c1-24-20(10-16-8-6-5-7-9-16)26(15-29,23(30)35-24)25(13-27,14-28)22(34-24)17-11-18(31-2)21(33-4)19(12-17)32-3/h5-9,11-12,20,22,30H,10H2,1-4H3. The molecular weight excluding hydrogens is 448 g/mol. The fraction of sp³-hybridized carbons (Fsp3) is 0.385. The summed E-state index contributed by atoms with van der Waals surface area (Å²) in [5.41, 5.74) is -2.80. The molecule has 2 heterocycles. The van der Waals surface area contributed by atoms with Gasteiger partial charge in [-0.3, -0.25) is 5.41 Å². The Labute approximate surface area is 203 Å². The lowest BCUT2D eigenvalue weighted by Gasteiger charge is -2.48. The third-order valence-electron chi connectivity index (χ3n) is 6.99. The van der Waals surface area contributed by atoms with E-state index >= 15 is 0 Å². The summed E-state index contributed by atoms with van der Waals surface area (Å²) in [4.78, 5) is 0. The van der Waals surface area contributed by atoms with Crippen LogP contribution in [0.2, 0.25) is 0 Å². The van der Waals surface area contributed by atoms with Crippen LogP contribution in [0.1, 0.15) is 24.2 Å². The number of ether oxygens (including phenoxy) is 5. The van der Waals surface area contributed by atoms with Crippen molar-refractivity contribution in [3.63, 3.8) is 0 Å². The maximum atomic E-state index is 10.5. The molecule has 178 valence electrons. The van der Waals surface area contributed by atoms with Gasteiger partial charge in [-0.25, -0.2) is 0 Å². The van der Waals surface area contributed by atoms with Crippen molar-refractivity contribution in [1.29, 1.82) is 21.2 Å². The van der Waals surface area contributed by atoms with Crippen LogP contribution in [0.4, 0.5) is 0 Å². The zero-order valence-electron chi connectivity index (χ0n) is 19.8. The van der Waals surface area contributed by atoms with Gasteiger partial charge in [0, 0.05) is 6.92 Å². The Morgan fingerprint density at radius 3 is 2.03 bits per heavy atom. The SMILES string of the molecule is COc1cc(C2OC3(C)OC(=N)C(C#N)(C3Cc3ccccc3)C2(C#N)C#N)cc(OC)c1OC. The minimum atomic E-state index is -2.11. The van der Waals surface area contributed by atoms with Gasteiger partial charge in [-0.15, -0.1) is 0 Å². The number of nitrogens with one attached hydrogen (secondary N) is 1. The molecule has 0 amide bonds. The third kappa shape index (κ3) is 3.11. The van der Waals surface area contributed by atoms with Crippen LogP contribution in [0.25, 0.3) is 0 Å². The van der Waals surface area contributed by atoms with Crippen molar-refractivity contribution in [2.24, 2.45) is 16.7 Å². The normalized spacial score (nSPS) is 28.1. The van der Waals surface area contributed by atoms with E-state index < -0.39 is 34.5 Å². The Balaban J connectivity index is 1.96.